The van der Waals surface area contributed by atoms with Crippen LogP contribution in [0.3, 0.4) is 0 Å². The minimum atomic E-state index is -0.294. The summed E-state index contributed by atoms with van der Waals surface area (Å²) < 4.78 is 5.48. The van der Waals surface area contributed by atoms with E-state index in [0.29, 0.717) is 22.2 Å². The normalized spacial score (nSPS) is 12.8. The highest BCUT2D eigenvalue weighted by Crippen LogP contribution is 2.32. The van der Waals surface area contributed by atoms with Crippen molar-refractivity contribution in [3.8, 4) is 0 Å². The van der Waals surface area contributed by atoms with Crippen LogP contribution in [-0.2, 0) is 4.18 Å². The molecule has 3 nitrogen and oxygen atoms in total. The lowest BCUT2D eigenvalue weighted by Crippen LogP contribution is -2.14. The van der Waals surface area contributed by atoms with E-state index in [9.17, 15) is 0 Å². The van der Waals surface area contributed by atoms with Crippen LogP contribution in [0.2, 0.25) is 10.0 Å². The predicted octanol–water partition coefficient (Wildman–Crippen LogP) is 3.07. The average Bonchev–Trinajstić information content (AvgIpc) is 2.22. The first-order valence-electron chi connectivity index (χ1n) is 4.48. The van der Waals surface area contributed by atoms with Crippen molar-refractivity contribution in [2.75, 3.05) is 12.3 Å². The lowest BCUT2D eigenvalue weighted by Gasteiger charge is -2.16. The highest BCUT2D eigenvalue weighted by molar-refractivity contribution is 7.94. The minimum absolute atomic E-state index is 0.294. The molecule has 0 bridgehead atoms. The number of rotatable bonds is 5. The molecule has 1 atom stereocenters. The number of nitrogens with two attached hydrogens (primary N) is 1. The van der Waals surface area contributed by atoms with E-state index in [2.05, 4.69) is 4.98 Å². The number of pyridine rings is 1. The fraction of sp³-hybridized carbons (Fsp3) is 0.444. The Labute approximate surface area is 104 Å². The molecular formula is C9H12Cl2N2OS. The Morgan fingerprint density at radius 2 is 2.07 bits per heavy atom. The molecule has 1 unspecified atom stereocenters. The third kappa shape index (κ3) is 3.50. The molecule has 0 saturated heterocycles. The van der Waals surface area contributed by atoms with Gasteiger partial charge in [0, 0.05) is 30.3 Å². The van der Waals surface area contributed by atoms with Gasteiger partial charge in [-0.2, -0.15) is 0 Å². The van der Waals surface area contributed by atoms with Crippen LogP contribution in [0.4, 0.5) is 0 Å². The van der Waals surface area contributed by atoms with Crippen molar-refractivity contribution in [3.63, 3.8) is 0 Å². The summed E-state index contributed by atoms with van der Waals surface area (Å²) in [7, 11) is 0. The van der Waals surface area contributed by atoms with Crippen molar-refractivity contribution in [2.45, 2.75) is 13.0 Å². The molecule has 0 amide bonds. The van der Waals surface area contributed by atoms with Gasteiger partial charge in [-0.25, -0.2) is 0 Å². The Bertz CT molecular complexity index is 305. The van der Waals surface area contributed by atoms with E-state index in [1.807, 2.05) is 6.92 Å². The van der Waals surface area contributed by atoms with Crippen molar-refractivity contribution >= 4 is 35.2 Å². The molecule has 1 heterocycles. The summed E-state index contributed by atoms with van der Waals surface area (Å²) in [6.07, 6.45) is 2.77. The van der Waals surface area contributed by atoms with E-state index < -0.39 is 0 Å². The van der Waals surface area contributed by atoms with Crippen LogP contribution in [0, 0.1) is 0 Å². The van der Waals surface area contributed by atoms with Crippen LogP contribution in [0.25, 0.3) is 0 Å². The highest BCUT2D eigenvalue weighted by Gasteiger charge is 2.18. The first-order valence-corrected chi connectivity index (χ1v) is 6.14. The topological polar surface area (TPSA) is 48.1 Å². The Kier molecular flexibility index (Phi) is 5.71. The molecule has 0 radical (unpaired) electrons. The second-order valence-corrected chi connectivity index (χ2v) is 4.56. The third-order valence-corrected chi connectivity index (χ3v) is 2.93. The first kappa shape index (κ1) is 13.1. The maximum absolute atomic E-state index is 5.99. The van der Waals surface area contributed by atoms with E-state index in [4.69, 9.17) is 33.1 Å². The zero-order chi connectivity index (χ0) is 11.3. The fourth-order valence-corrected chi connectivity index (χ4v) is 2.17. The van der Waals surface area contributed by atoms with Crippen LogP contribution in [0.15, 0.2) is 12.4 Å². The Morgan fingerprint density at radius 3 is 2.53 bits per heavy atom. The molecule has 0 aliphatic heterocycles. The summed E-state index contributed by atoms with van der Waals surface area (Å²) in [5.41, 5.74) is 6.31. The van der Waals surface area contributed by atoms with Crippen LogP contribution >= 0.6 is 35.2 Å². The molecule has 1 aromatic heterocycles. The van der Waals surface area contributed by atoms with Crippen LogP contribution in [-0.4, -0.2) is 17.3 Å². The monoisotopic (exact) mass is 266 g/mol. The lowest BCUT2D eigenvalue weighted by molar-refractivity contribution is 0.257. The molecule has 0 aromatic carbocycles. The number of nitrogens with zero attached hydrogens (tertiary/aromatic N) is 1. The van der Waals surface area contributed by atoms with E-state index in [1.165, 1.54) is 24.4 Å². The van der Waals surface area contributed by atoms with Gasteiger partial charge in [-0.15, -0.1) is 0 Å². The zero-order valence-corrected chi connectivity index (χ0v) is 10.6. The largest absolute Gasteiger partial charge is 0.328 e. The fourth-order valence-electron chi connectivity index (χ4n) is 1.08. The summed E-state index contributed by atoms with van der Waals surface area (Å²) >= 11 is 13.3. The second kappa shape index (κ2) is 6.55. The van der Waals surface area contributed by atoms with E-state index in [1.54, 1.807) is 0 Å². The Morgan fingerprint density at radius 1 is 1.47 bits per heavy atom. The third-order valence-electron chi connectivity index (χ3n) is 1.73. The van der Waals surface area contributed by atoms with Crippen molar-refractivity contribution in [1.82, 2.24) is 4.98 Å². The smallest absolute Gasteiger partial charge is 0.112 e. The van der Waals surface area contributed by atoms with Gasteiger partial charge in [-0.05, 0) is 12.0 Å². The van der Waals surface area contributed by atoms with E-state index in [0.717, 1.165) is 5.75 Å². The predicted molar refractivity (Wildman–Crippen MR) is 65.3 cm³/mol. The maximum Gasteiger partial charge on any atom is 0.112 e. The molecule has 0 saturated carbocycles. The van der Waals surface area contributed by atoms with Gasteiger partial charge in [-0.1, -0.05) is 30.1 Å². The van der Waals surface area contributed by atoms with E-state index >= 15 is 0 Å². The summed E-state index contributed by atoms with van der Waals surface area (Å²) in [6, 6.07) is 0. The second-order valence-electron chi connectivity index (χ2n) is 2.74. The maximum atomic E-state index is 5.99. The van der Waals surface area contributed by atoms with Gasteiger partial charge < -0.3 is 9.92 Å². The molecule has 0 fully saturated rings. The molecule has 1 rings (SSSR count). The van der Waals surface area contributed by atoms with E-state index in [-0.39, 0.29) is 6.10 Å². The van der Waals surface area contributed by atoms with Crippen LogP contribution in [0.5, 0.6) is 0 Å². The average molecular weight is 267 g/mol. The Balaban J connectivity index is 2.90. The van der Waals surface area contributed by atoms with Gasteiger partial charge in [0.15, 0.2) is 0 Å². The minimum Gasteiger partial charge on any atom is -0.328 e. The van der Waals surface area contributed by atoms with Gasteiger partial charge in [-0.3, -0.25) is 4.98 Å². The molecule has 1 aromatic rings. The van der Waals surface area contributed by atoms with Gasteiger partial charge in [0.1, 0.15) is 6.10 Å². The van der Waals surface area contributed by atoms with Gasteiger partial charge in [0.25, 0.3) is 0 Å². The van der Waals surface area contributed by atoms with Crippen molar-refractivity contribution in [2.24, 2.45) is 5.73 Å². The Hall–Kier alpha value is -0.0000000000000000555. The quantitative estimate of drug-likeness (QED) is 0.833. The van der Waals surface area contributed by atoms with Crippen molar-refractivity contribution in [1.29, 1.82) is 0 Å². The molecule has 0 spiro atoms. The first-order chi connectivity index (χ1) is 7.20. The summed E-state index contributed by atoms with van der Waals surface area (Å²) in [5.74, 6) is 0.844. The number of aromatic nitrogens is 1. The molecule has 15 heavy (non-hydrogen) atoms. The van der Waals surface area contributed by atoms with Gasteiger partial charge in [0.2, 0.25) is 0 Å². The molecule has 2 N–H and O–H groups in total. The number of hydrogen-bond acceptors (Lipinski definition) is 4. The molecule has 0 aliphatic rings. The van der Waals surface area contributed by atoms with Crippen LogP contribution in [0.1, 0.15) is 18.6 Å². The standard InChI is InChI=1S/C9H12Cl2N2OS/c1-2-15-14-8(3-12)9-6(10)4-13-5-7(9)11/h4-5,8H,2-3,12H2,1H3. The highest BCUT2D eigenvalue weighted by atomic mass is 35.5. The van der Waals surface area contributed by atoms with Crippen molar-refractivity contribution < 1.29 is 4.18 Å². The summed E-state index contributed by atoms with van der Waals surface area (Å²) in [5, 5.41) is 0.962. The number of halogens is 2. The summed E-state index contributed by atoms with van der Waals surface area (Å²) in [6.45, 7) is 2.32. The van der Waals surface area contributed by atoms with Crippen LogP contribution < -0.4 is 5.73 Å². The lowest BCUT2D eigenvalue weighted by atomic mass is 10.1. The van der Waals surface area contributed by atoms with Gasteiger partial charge >= 0.3 is 0 Å². The molecule has 6 heteroatoms. The zero-order valence-electron chi connectivity index (χ0n) is 8.24. The molecule has 0 aliphatic carbocycles. The van der Waals surface area contributed by atoms with Crippen molar-refractivity contribution in [3.05, 3.63) is 28.0 Å². The summed E-state index contributed by atoms with van der Waals surface area (Å²) in [4.78, 5) is 3.87. The van der Waals surface area contributed by atoms with Gasteiger partial charge in [0.05, 0.1) is 10.0 Å². The SMILES string of the molecule is CCSOC(CN)c1c(Cl)cncc1Cl. The number of hydrogen-bond donors (Lipinski definition) is 1. The molecular weight excluding hydrogens is 255 g/mol. The molecule has 84 valence electrons.